The number of aromatic nitrogens is 1. The zero-order chi connectivity index (χ0) is 13.3. The lowest BCUT2D eigenvalue weighted by Gasteiger charge is -2.19. The van der Waals surface area contributed by atoms with Crippen LogP contribution < -0.4 is 11.3 Å². The number of nitrogens with two attached hydrogens (primary N) is 1. The van der Waals surface area contributed by atoms with Crippen molar-refractivity contribution in [2.45, 2.75) is 12.0 Å². The average molecular weight is 251 g/mol. The number of likely N-dealkylation sites (tertiary alicyclic amines) is 1. The van der Waals surface area contributed by atoms with Crippen LogP contribution in [0.3, 0.4) is 0 Å². The molecule has 0 spiro atoms. The zero-order valence-corrected chi connectivity index (χ0v) is 9.55. The highest BCUT2D eigenvalue weighted by Gasteiger charge is 2.43. The molecule has 0 radical (unpaired) electrons. The van der Waals surface area contributed by atoms with Gasteiger partial charge < -0.3 is 20.7 Å². The molecule has 7 heteroatoms. The number of carbonyl (C=O) groups is 2. The largest absolute Gasteiger partial charge is 0.480 e. The van der Waals surface area contributed by atoms with E-state index in [1.165, 1.54) is 23.2 Å². The Morgan fingerprint density at radius 2 is 2.22 bits per heavy atom. The second-order valence-electron chi connectivity index (χ2n) is 4.35. The minimum Gasteiger partial charge on any atom is -0.480 e. The predicted octanol–water partition coefficient (Wildman–Crippen LogP) is -0.997. The summed E-state index contributed by atoms with van der Waals surface area (Å²) in [5.41, 5.74) is 3.75. The third kappa shape index (κ3) is 2.00. The monoisotopic (exact) mass is 251 g/mol. The van der Waals surface area contributed by atoms with Crippen molar-refractivity contribution in [3.63, 3.8) is 0 Å². The van der Waals surface area contributed by atoms with Crippen molar-refractivity contribution in [2.75, 3.05) is 13.1 Å². The molecular weight excluding hydrogens is 238 g/mol. The van der Waals surface area contributed by atoms with Crippen molar-refractivity contribution in [3.05, 3.63) is 34.2 Å². The number of carbonyl (C=O) groups excluding carboxylic acids is 1. The Labute approximate surface area is 102 Å². The Morgan fingerprint density at radius 1 is 1.50 bits per heavy atom. The van der Waals surface area contributed by atoms with Gasteiger partial charge in [0.25, 0.3) is 11.5 Å². The van der Waals surface area contributed by atoms with E-state index in [1.54, 1.807) is 0 Å². The number of rotatable bonds is 2. The van der Waals surface area contributed by atoms with E-state index in [9.17, 15) is 14.4 Å². The van der Waals surface area contributed by atoms with Gasteiger partial charge in [0.2, 0.25) is 0 Å². The number of hydrogen-bond donors (Lipinski definition) is 3. The molecule has 1 aromatic rings. The second-order valence-corrected chi connectivity index (χ2v) is 4.35. The van der Waals surface area contributed by atoms with Crippen LogP contribution in [0.1, 0.15) is 16.8 Å². The molecule has 0 saturated carbocycles. The van der Waals surface area contributed by atoms with Crippen molar-refractivity contribution in [1.82, 2.24) is 9.88 Å². The van der Waals surface area contributed by atoms with Gasteiger partial charge in [-0.15, -0.1) is 0 Å². The first kappa shape index (κ1) is 12.3. The zero-order valence-electron chi connectivity index (χ0n) is 9.55. The minimum absolute atomic E-state index is 0.00728. The third-order valence-electron chi connectivity index (χ3n) is 3.06. The molecule has 0 aliphatic carbocycles. The molecule has 18 heavy (non-hydrogen) atoms. The molecule has 1 atom stereocenters. The summed E-state index contributed by atoms with van der Waals surface area (Å²) in [5, 5.41) is 8.97. The van der Waals surface area contributed by atoms with Gasteiger partial charge in [-0.1, -0.05) is 0 Å². The number of hydrogen-bond acceptors (Lipinski definition) is 4. The van der Waals surface area contributed by atoms with E-state index < -0.39 is 23.0 Å². The van der Waals surface area contributed by atoms with Gasteiger partial charge in [-0.05, 0) is 18.6 Å². The Kier molecular flexibility index (Phi) is 2.92. The van der Waals surface area contributed by atoms with E-state index >= 15 is 0 Å². The summed E-state index contributed by atoms with van der Waals surface area (Å²) in [6.45, 7) is 0.144. The highest BCUT2D eigenvalue weighted by Crippen LogP contribution is 2.20. The number of pyridine rings is 1. The molecule has 1 saturated heterocycles. The summed E-state index contributed by atoms with van der Waals surface area (Å²) >= 11 is 0. The van der Waals surface area contributed by atoms with Gasteiger partial charge in [0.05, 0.1) is 0 Å². The molecule has 1 unspecified atom stereocenters. The first-order valence-corrected chi connectivity index (χ1v) is 5.43. The fraction of sp³-hybridized carbons (Fsp3) is 0.364. The van der Waals surface area contributed by atoms with Gasteiger partial charge in [-0.25, -0.2) is 0 Å². The Bertz CT molecular complexity index is 553. The van der Waals surface area contributed by atoms with Gasteiger partial charge in [0.15, 0.2) is 0 Å². The van der Waals surface area contributed by atoms with Crippen LogP contribution >= 0.6 is 0 Å². The summed E-state index contributed by atoms with van der Waals surface area (Å²) in [6.07, 6.45) is 1.60. The van der Waals surface area contributed by atoms with Crippen LogP contribution in [-0.4, -0.2) is 45.5 Å². The number of aliphatic carboxylic acids is 1. The molecule has 1 aliphatic rings. The molecule has 7 nitrogen and oxygen atoms in total. The van der Waals surface area contributed by atoms with E-state index in [2.05, 4.69) is 4.98 Å². The quantitative estimate of drug-likeness (QED) is 0.623. The maximum absolute atomic E-state index is 12.0. The summed E-state index contributed by atoms with van der Waals surface area (Å²) in [7, 11) is 0. The summed E-state index contributed by atoms with van der Waals surface area (Å²) in [4.78, 5) is 38.1. The van der Waals surface area contributed by atoms with Gasteiger partial charge in [0, 0.05) is 19.3 Å². The highest BCUT2D eigenvalue weighted by molar-refractivity contribution is 5.95. The molecule has 0 aromatic carbocycles. The van der Waals surface area contributed by atoms with Crippen LogP contribution in [0.25, 0.3) is 0 Å². The molecule has 0 bridgehead atoms. The number of nitrogens with zero attached hydrogens (tertiary/aromatic N) is 1. The molecule has 1 aliphatic heterocycles. The number of H-pyrrole nitrogens is 1. The molecule has 96 valence electrons. The van der Waals surface area contributed by atoms with Crippen LogP contribution in [0.4, 0.5) is 0 Å². The van der Waals surface area contributed by atoms with E-state index in [-0.39, 0.29) is 25.1 Å². The lowest BCUT2D eigenvalue weighted by Crippen LogP contribution is -2.50. The van der Waals surface area contributed by atoms with Crippen LogP contribution in [0.5, 0.6) is 0 Å². The van der Waals surface area contributed by atoms with Crippen molar-refractivity contribution in [1.29, 1.82) is 0 Å². The lowest BCUT2D eigenvalue weighted by atomic mass is 10.0. The van der Waals surface area contributed by atoms with E-state index in [0.717, 1.165) is 0 Å². The van der Waals surface area contributed by atoms with Crippen LogP contribution in [0.2, 0.25) is 0 Å². The number of aromatic amines is 1. The number of carboxylic acid groups (broad SMARTS) is 1. The molecule has 2 heterocycles. The molecule has 4 N–H and O–H groups in total. The van der Waals surface area contributed by atoms with Crippen LogP contribution in [0, 0.1) is 0 Å². The maximum Gasteiger partial charge on any atom is 0.325 e. The second kappa shape index (κ2) is 4.26. The van der Waals surface area contributed by atoms with Gasteiger partial charge in [-0.3, -0.25) is 14.4 Å². The van der Waals surface area contributed by atoms with Gasteiger partial charge in [-0.2, -0.15) is 0 Å². The Hall–Kier alpha value is -2.15. The minimum atomic E-state index is -1.42. The standard InChI is InChI=1S/C11H13N3O4/c12-11(10(17)18)3-5-14(6-11)9(16)7-2-1-4-13-8(7)15/h1-2,4H,3,5-6,12H2,(H,13,15)(H,17,18). The molecule has 1 aromatic heterocycles. The van der Waals surface area contributed by atoms with Crippen molar-refractivity contribution in [3.8, 4) is 0 Å². The fourth-order valence-electron chi connectivity index (χ4n) is 1.94. The van der Waals surface area contributed by atoms with Crippen LogP contribution in [0.15, 0.2) is 23.1 Å². The highest BCUT2D eigenvalue weighted by atomic mass is 16.4. The molecular formula is C11H13N3O4. The fourth-order valence-corrected chi connectivity index (χ4v) is 1.94. The van der Waals surface area contributed by atoms with Gasteiger partial charge in [0.1, 0.15) is 11.1 Å². The van der Waals surface area contributed by atoms with E-state index in [4.69, 9.17) is 10.8 Å². The first-order chi connectivity index (χ1) is 8.44. The predicted molar refractivity (Wildman–Crippen MR) is 62.1 cm³/mol. The average Bonchev–Trinajstić information content (AvgIpc) is 2.73. The number of carboxylic acids is 1. The third-order valence-corrected chi connectivity index (χ3v) is 3.06. The first-order valence-electron chi connectivity index (χ1n) is 5.43. The Morgan fingerprint density at radius 3 is 2.78 bits per heavy atom. The van der Waals surface area contributed by atoms with Crippen LogP contribution in [-0.2, 0) is 4.79 Å². The molecule has 1 amide bonds. The summed E-state index contributed by atoms with van der Waals surface area (Å²) < 4.78 is 0. The normalized spacial score (nSPS) is 23.1. The number of amides is 1. The maximum atomic E-state index is 12.0. The summed E-state index contributed by atoms with van der Waals surface area (Å²) in [6, 6.07) is 2.94. The number of nitrogens with one attached hydrogen (secondary N) is 1. The molecule has 1 fully saturated rings. The van der Waals surface area contributed by atoms with E-state index in [0.29, 0.717) is 0 Å². The van der Waals surface area contributed by atoms with Crippen molar-refractivity contribution in [2.24, 2.45) is 5.73 Å². The van der Waals surface area contributed by atoms with Crippen molar-refractivity contribution < 1.29 is 14.7 Å². The smallest absolute Gasteiger partial charge is 0.325 e. The summed E-state index contributed by atoms with van der Waals surface area (Å²) in [5.74, 6) is -1.63. The molecule has 2 rings (SSSR count). The van der Waals surface area contributed by atoms with Gasteiger partial charge >= 0.3 is 5.97 Å². The van der Waals surface area contributed by atoms with Crippen molar-refractivity contribution >= 4 is 11.9 Å². The SMILES string of the molecule is NC1(C(=O)O)CCN(C(=O)c2ccc[nH]c2=O)C1. The van der Waals surface area contributed by atoms with E-state index in [1.807, 2.05) is 0 Å². The lowest BCUT2D eigenvalue weighted by molar-refractivity contribution is -0.142. The Balaban J connectivity index is 2.21. The topological polar surface area (TPSA) is 116 Å².